The van der Waals surface area contributed by atoms with Gasteiger partial charge >= 0.3 is 18.4 Å². The number of amides is 2. The van der Waals surface area contributed by atoms with Gasteiger partial charge in [0.1, 0.15) is 5.82 Å². The third kappa shape index (κ3) is 4.78. The molecule has 2 aliphatic rings. The highest BCUT2D eigenvalue weighted by molar-refractivity contribution is 5.94. The first-order chi connectivity index (χ1) is 15.4. The molecule has 2 aliphatic heterocycles. The number of rotatable bonds is 3. The van der Waals surface area contributed by atoms with Crippen molar-refractivity contribution < 1.29 is 35.5 Å². The van der Waals surface area contributed by atoms with Crippen molar-refractivity contribution in [3.8, 4) is 0 Å². The molecule has 2 saturated heterocycles. The largest absolute Gasteiger partial charge is 0.416 e. The van der Waals surface area contributed by atoms with E-state index in [0.29, 0.717) is 31.6 Å². The summed E-state index contributed by atoms with van der Waals surface area (Å²) >= 11 is 0. The molecule has 33 heavy (non-hydrogen) atoms. The Balaban J connectivity index is 1.64. The van der Waals surface area contributed by atoms with E-state index in [4.69, 9.17) is 0 Å². The number of anilines is 1. The van der Waals surface area contributed by atoms with Crippen LogP contribution in [0.3, 0.4) is 0 Å². The van der Waals surface area contributed by atoms with Crippen molar-refractivity contribution in [3.05, 3.63) is 65.0 Å². The number of urea groups is 1. The molecule has 2 aromatic carbocycles. The van der Waals surface area contributed by atoms with Gasteiger partial charge in [-0.2, -0.15) is 26.3 Å². The zero-order chi connectivity index (χ0) is 24.0. The Bertz CT molecular complexity index is 988. The second-order valence-corrected chi connectivity index (χ2v) is 8.11. The van der Waals surface area contributed by atoms with Crippen LogP contribution in [0, 0.1) is 5.82 Å². The minimum absolute atomic E-state index is 0.0409. The molecule has 1 N–H and O–H groups in total. The van der Waals surface area contributed by atoms with Crippen LogP contribution in [-0.4, -0.2) is 43.2 Å². The predicted octanol–water partition coefficient (Wildman–Crippen LogP) is 5.25. The summed E-state index contributed by atoms with van der Waals surface area (Å²) in [5.41, 5.74) is -2.59. The van der Waals surface area contributed by atoms with E-state index >= 15 is 0 Å². The van der Waals surface area contributed by atoms with Crippen LogP contribution in [0.2, 0.25) is 0 Å². The number of alkyl halides is 6. The maximum absolute atomic E-state index is 13.3. The van der Waals surface area contributed by atoms with E-state index < -0.39 is 41.0 Å². The highest BCUT2D eigenvalue weighted by atomic mass is 19.4. The third-order valence-corrected chi connectivity index (χ3v) is 6.07. The van der Waals surface area contributed by atoms with Crippen LogP contribution in [0.15, 0.2) is 42.5 Å². The summed E-state index contributed by atoms with van der Waals surface area (Å²) in [5, 5.41) is 3.21. The number of carbonyl (C=O) groups excluding carboxylic acids is 1. The maximum Gasteiger partial charge on any atom is 0.416 e. The van der Waals surface area contributed by atoms with E-state index in [1.807, 2.05) is 0 Å². The number of nitrogens with zero attached hydrogens (tertiary/aromatic N) is 2. The van der Waals surface area contributed by atoms with Crippen LogP contribution in [0.1, 0.15) is 29.0 Å². The Morgan fingerprint density at radius 3 is 2.06 bits per heavy atom. The van der Waals surface area contributed by atoms with Crippen molar-refractivity contribution in [1.82, 2.24) is 10.2 Å². The fourth-order valence-electron chi connectivity index (χ4n) is 4.46. The lowest BCUT2D eigenvalue weighted by molar-refractivity contribution is -0.143. The van der Waals surface area contributed by atoms with Gasteiger partial charge in [-0.15, -0.1) is 0 Å². The Morgan fingerprint density at radius 1 is 0.879 bits per heavy atom. The number of hydrogen-bond donors (Lipinski definition) is 1. The van der Waals surface area contributed by atoms with E-state index in [9.17, 15) is 35.5 Å². The SMILES string of the molecule is O=C1N(c2cc(C(F)(F)F)cc(C(F)(F)F)c2)CCN1[C@@H]1CCNC[C@H]1c1ccc(F)cc1. The van der Waals surface area contributed by atoms with Crippen LogP contribution < -0.4 is 10.2 Å². The fourth-order valence-corrected chi connectivity index (χ4v) is 4.46. The molecule has 0 aliphatic carbocycles. The van der Waals surface area contributed by atoms with E-state index in [0.717, 1.165) is 10.5 Å². The number of nitrogens with one attached hydrogen (secondary N) is 1. The zero-order valence-corrected chi connectivity index (χ0v) is 17.2. The lowest BCUT2D eigenvalue weighted by atomic mass is 9.86. The van der Waals surface area contributed by atoms with Crippen molar-refractivity contribution in [2.45, 2.75) is 30.7 Å². The van der Waals surface area contributed by atoms with E-state index in [1.54, 1.807) is 12.1 Å². The predicted molar refractivity (Wildman–Crippen MR) is 106 cm³/mol. The second kappa shape index (κ2) is 8.51. The van der Waals surface area contributed by atoms with Gasteiger partial charge in [0.2, 0.25) is 0 Å². The summed E-state index contributed by atoms with van der Waals surface area (Å²) in [6.07, 6.45) is -9.46. The molecule has 178 valence electrons. The molecule has 0 bridgehead atoms. The van der Waals surface area contributed by atoms with Gasteiger partial charge < -0.3 is 10.2 Å². The van der Waals surface area contributed by atoms with Crippen LogP contribution in [0.5, 0.6) is 0 Å². The number of halogens is 7. The molecule has 2 heterocycles. The van der Waals surface area contributed by atoms with Crippen molar-refractivity contribution in [2.24, 2.45) is 0 Å². The van der Waals surface area contributed by atoms with Gasteiger partial charge in [0, 0.05) is 37.3 Å². The van der Waals surface area contributed by atoms with Crippen LogP contribution >= 0.6 is 0 Å². The summed E-state index contributed by atoms with van der Waals surface area (Å²) in [7, 11) is 0. The quantitative estimate of drug-likeness (QED) is 0.616. The first-order valence-corrected chi connectivity index (χ1v) is 10.3. The van der Waals surface area contributed by atoms with Gasteiger partial charge in [0.05, 0.1) is 11.1 Å². The van der Waals surface area contributed by atoms with E-state index in [2.05, 4.69) is 5.32 Å². The lowest BCUT2D eigenvalue weighted by Gasteiger charge is -2.38. The fraction of sp³-hybridized carbons (Fsp3) is 0.409. The van der Waals surface area contributed by atoms with Gasteiger partial charge in [0.15, 0.2) is 0 Å². The Hall–Kier alpha value is -2.82. The first-order valence-electron chi connectivity index (χ1n) is 10.3. The minimum atomic E-state index is -5.00. The molecule has 4 rings (SSSR count). The van der Waals surface area contributed by atoms with Crippen LogP contribution in [-0.2, 0) is 12.4 Å². The Morgan fingerprint density at radius 2 is 1.48 bits per heavy atom. The minimum Gasteiger partial charge on any atom is -0.319 e. The average molecular weight is 475 g/mol. The van der Waals surface area contributed by atoms with E-state index in [1.165, 1.54) is 17.0 Å². The molecule has 0 unspecified atom stereocenters. The first kappa shape index (κ1) is 23.3. The number of hydrogen-bond acceptors (Lipinski definition) is 2. The Kier molecular flexibility index (Phi) is 6.02. The van der Waals surface area contributed by atoms with Gasteiger partial charge in [-0.1, -0.05) is 12.1 Å². The number of piperidine rings is 1. The Labute approximate surface area is 185 Å². The zero-order valence-electron chi connectivity index (χ0n) is 17.2. The monoisotopic (exact) mass is 475 g/mol. The molecule has 4 nitrogen and oxygen atoms in total. The maximum atomic E-state index is 13.3. The normalized spacial score (nSPS) is 22.2. The molecule has 0 spiro atoms. The molecule has 0 saturated carbocycles. The molecular weight excluding hydrogens is 455 g/mol. The molecule has 2 fully saturated rings. The highest BCUT2D eigenvalue weighted by Gasteiger charge is 2.42. The van der Waals surface area contributed by atoms with Crippen LogP contribution in [0.25, 0.3) is 0 Å². The van der Waals surface area contributed by atoms with E-state index in [-0.39, 0.29) is 31.1 Å². The van der Waals surface area contributed by atoms with Gasteiger partial charge in [-0.05, 0) is 48.9 Å². The summed E-state index contributed by atoms with van der Waals surface area (Å²) in [4.78, 5) is 15.6. The second-order valence-electron chi connectivity index (χ2n) is 8.11. The topological polar surface area (TPSA) is 35.6 Å². The van der Waals surface area contributed by atoms with Crippen molar-refractivity contribution >= 4 is 11.7 Å². The summed E-state index contributed by atoms with van der Waals surface area (Å²) in [6.45, 7) is 1.20. The van der Waals surface area contributed by atoms with Gasteiger partial charge in [-0.25, -0.2) is 9.18 Å². The standard InChI is InChI=1S/C22H20F7N3O/c23-16-3-1-13(2-4-16)18-12-30-6-5-19(18)32-8-7-31(20(32)33)17-10-14(21(24,25)26)9-15(11-17)22(27,28)29/h1-4,9-11,18-19,30H,5-8,12H2/t18-,19+/m0/s1. The average Bonchev–Trinajstić information content (AvgIpc) is 3.14. The number of carbonyl (C=O) groups is 1. The molecule has 2 aromatic rings. The third-order valence-electron chi connectivity index (χ3n) is 6.07. The summed E-state index contributed by atoms with van der Waals surface area (Å²) in [6, 6.07) is 6.03. The van der Waals surface area contributed by atoms with Crippen molar-refractivity contribution in [2.75, 3.05) is 31.1 Å². The molecule has 11 heteroatoms. The molecular formula is C22H20F7N3O. The highest BCUT2D eigenvalue weighted by Crippen LogP contribution is 2.40. The van der Waals surface area contributed by atoms with Crippen molar-refractivity contribution in [3.63, 3.8) is 0 Å². The molecule has 0 aromatic heterocycles. The van der Waals surface area contributed by atoms with Gasteiger partial charge in [-0.3, -0.25) is 4.90 Å². The van der Waals surface area contributed by atoms with Gasteiger partial charge in [0.25, 0.3) is 0 Å². The van der Waals surface area contributed by atoms with Crippen molar-refractivity contribution in [1.29, 1.82) is 0 Å². The summed E-state index contributed by atoms with van der Waals surface area (Å²) in [5.74, 6) is -0.608. The lowest BCUT2D eigenvalue weighted by Crippen LogP contribution is -2.49. The molecule has 0 radical (unpaired) electrons. The molecule has 2 atom stereocenters. The number of benzene rings is 2. The summed E-state index contributed by atoms with van der Waals surface area (Å²) < 4.78 is 92.8. The smallest absolute Gasteiger partial charge is 0.319 e. The van der Waals surface area contributed by atoms with Crippen LogP contribution in [0.4, 0.5) is 41.2 Å². The molecule has 2 amide bonds.